The van der Waals surface area contributed by atoms with Crippen molar-refractivity contribution in [3.63, 3.8) is 0 Å². The molecule has 3 rings (SSSR count). The van der Waals surface area contributed by atoms with Crippen molar-refractivity contribution in [3.8, 4) is 5.75 Å². The largest absolute Gasteiger partial charge is 0.487 e. The predicted molar refractivity (Wildman–Crippen MR) is 84.7 cm³/mol. The Labute approximate surface area is 127 Å². The number of aryl methyl sites for hydroxylation is 1. The molecule has 3 heteroatoms. The van der Waals surface area contributed by atoms with Gasteiger partial charge in [-0.3, -0.25) is 0 Å². The van der Waals surface area contributed by atoms with Gasteiger partial charge in [0.2, 0.25) is 0 Å². The van der Waals surface area contributed by atoms with Gasteiger partial charge in [-0.05, 0) is 58.7 Å². The molecule has 1 spiro atoms. The van der Waals surface area contributed by atoms with E-state index in [1.807, 2.05) is 6.07 Å². The summed E-state index contributed by atoms with van der Waals surface area (Å²) in [4.78, 5) is 2.52. The molecule has 0 radical (unpaired) electrons. The van der Waals surface area contributed by atoms with Crippen LogP contribution >= 0.6 is 0 Å². The first-order valence-corrected chi connectivity index (χ1v) is 8.21. The van der Waals surface area contributed by atoms with Crippen LogP contribution in [-0.2, 0) is 0 Å². The van der Waals surface area contributed by atoms with Crippen molar-refractivity contribution in [1.29, 1.82) is 0 Å². The average Bonchev–Trinajstić information content (AvgIpc) is 2.63. The second-order valence-corrected chi connectivity index (χ2v) is 7.03. The molecule has 2 aliphatic rings. The van der Waals surface area contributed by atoms with Gasteiger partial charge < -0.3 is 14.7 Å². The molecule has 0 aliphatic carbocycles. The van der Waals surface area contributed by atoms with Gasteiger partial charge in [0.1, 0.15) is 11.4 Å². The zero-order valence-corrected chi connectivity index (χ0v) is 13.4. The molecule has 116 valence electrons. The van der Waals surface area contributed by atoms with Crippen molar-refractivity contribution in [2.75, 3.05) is 13.1 Å². The summed E-state index contributed by atoms with van der Waals surface area (Å²) in [6.07, 6.45) is 3.54. The van der Waals surface area contributed by atoms with Crippen LogP contribution in [0.25, 0.3) is 0 Å². The third-order valence-electron chi connectivity index (χ3n) is 5.08. The van der Waals surface area contributed by atoms with Crippen molar-refractivity contribution < 1.29 is 9.84 Å². The maximum atomic E-state index is 10.6. The Morgan fingerprint density at radius 1 is 1.29 bits per heavy atom. The maximum Gasteiger partial charge on any atom is 0.125 e. The first-order chi connectivity index (χ1) is 9.99. The first-order valence-electron chi connectivity index (χ1n) is 8.21. The highest BCUT2D eigenvalue weighted by Gasteiger charge is 2.41. The number of nitrogens with zero attached hydrogens (tertiary/aromatic N) is 1. The van der Waals surface area contributed by atoms with Crippen LogP contribution in [0.15, 0.2) is 18.2 Å². The van der Waals surface area contributed by atoms with Gasteiger partial charge in [0.15, 0.2) is 0 Å². The normalized spacial score (nSPS) is 30.0. The lowest BCUT2D eigenvalue weighted by Crippen LogP contribution is -2.42. The van der Waals surface area contributed by atoms with Crippen LogP contribution in [0.2, 0.25) is 0 Å². The lowest BCUT2D eigenvalue weighted by Gasteiger charge is -2.40. The zero-order valence-electron chi connectivity index (χ0n) is 13.4. The molecule has 0 saturated carbocycles. The third-order valence-corrected chi connectivity index (χ3v) is 5.08. The van der Waals surface area contributed by atoms with E-state index in [0.29, 0.717) is 6.04 Å². The smallest absolute Gasteiger partial charge is 0.125 e. The minimum atomic E-state index is -0.390. The Morgan fingerprint density at radius 3 is 2.86 bits per heavy atom. The van der Waals surface area contributed by atoms with Gasteiger partial charge in [0.05, 0.1) is 6.10 Å². The number of ether oxygens (including phenoxy) is 1. The summed E-state index contributed by atoms with van der Waals surface area (Å²) in [5.41, 5.74) is 1.97. The summed E-state index contributed by atoms with van der Waals surface area (Å²) in [5, 5.41) is 10.6. The van der Waals surface area contributed by atoms with E-state index in [4.69, 9.17) is 4.74 Å². The fraction of sp³-hybridized carbons (Fsp3) is 0.667. The second-order valence-electron chi connectivity index (χ2n) is 7.03. The van der Waals surface area contributed by atoms with E-state index < -0.39 is 0 Å². The third kappa shape index (κ3) is 2.95. The standard InChI is InChI=1S/C18H27NO2/c1-13(2)19-9-4-7-18(8-10-19)12-16(20)15-11-14(3)5-6-17(15)21-18/h5-6,11,13,16,20H,4,7-10,12H2,1-3H3/t16-,18?/m0/s1. The highest BCUT2D eigenvalue weighted by Crippen LogP contribution is 2.44. The fourth-order valence-corrected chi connectivity index (χ4v) is 3.77. The van der Waals surface area contributed by atoms with Gasteiger partial charge in [-0.1, -0.05) is 11.6 Å². The predicted octanol–water partition coefficient (Wildman–Crippen LogP) is 3.44. The van der Waals surface area contributed by atoms with Crippen molar-refractivity contribution in [2.24, 2.45) is 0 Å². The van der Waals surface area contributed by atoms with Crippen molar-refractivity contribution >= 4 is 0 Å². The molecule has 3 nitrogen and oxygen atoms in total. The van der Waals surface area contributed by atoms with E-state index in [1.54, 1.807) is 0 Å². The molecule has 1 aromatic carbocycles. The molecule has 2 heterocycles. The van der Waals surface area contributed by atoms with Gasteiger partial charge in [0.25, 0.3) is 0 Å². The topological polar surface area (TPSA) is 32.7 Å². The fourth-order valence-electron chi connectivity index (χ4n) is 3.77. The molecule has 1 unspecified atom stereocenters. The van der Waals surface area contributed by atoms with Crippen LogP contribution in [0, 0.1) is 6.92 Å². The minimum Gasteiger partial charge on any atom is -0.487 e. The monoisotopic (exact) mass is 289 g/mol. The van der Waals surface area contributed by atoms with Crippen LogP contribution in [0.3, 0.4) is 0 Å². The highest BCUT2D eigenvalue weighted by molar-refractivity contribution is 5.41. The Morgan fingerprint density at radius 2 is 2.10 bits per heavy atom. The Kier molecular flexibility index (Phi) is 3.98. The number of hydrogen-bond donors (Lipinski definition) is 1. The Bertz CT molecular complexity index is 514. The zero-order chi connectivity index (χ0) is 15.0. The number of benzene rings is 1. The van der Waals surface area contributed by atoms with E-state index in [-0.39, 0.29) is 11.7 Å². The molecule has 1 aromatic rings. The molecule has 0 bridgehead atoms. The minimum absolute atomic E-state index is 0.175. The highest BCUT2D eigenvalue weighted by atomic mass is 16.5. The Balaban J connectivity index is 1.82. The molecule has 0 amide bonds. The van der Waals surface area contributed by atoms with Gasteiger partial charge in [0, 0.05) is 24.6 Å². The van der Waals surface area contributed by atoms with E-state index >= 15 is 0 Å². The van der Waals surface area contributed by atoms with Crippen molar-refractivity contribution in [2.45, 2.75) is 64.2 Å². The number of fused-ring (bicyclic) bond motifs is 1. The summed E-state index contributed by atoms with van der Waals surface area (Å²) in [5.74, 6) is 0.886. The first kappa shape index (κ1) is 14.9. The average molecular weight is 289 g/mol. The van der Waals surface area contributed by atoms with Gasteiger partial charge in [-0.2, -0.15) is 0 Å². The van der Waals surface area contributed by atoms with Crippen LogP contribution in [0.1, 0.15) is 56.8 Å². The molecule has 1 fully saturated rings. The van der Waals surface area contributed by atoms with E-state index in [1.165, 1.54) is 5.56 Å². The van der Waals surface area contributed by atoms with Gasteiger partial charge in [-0.25, -0.2) is 0 Å². The van der Waals surface area contributed by atoms with Gasteiger partial charge >= 0.3 is 0 Å². The molecular weight excluding hydrogens is 262 g/mol. The SMILES string of the molecule is Cc1ccc2c(c1)[C@@H](O)CC1(CCCN(C(C)C)CC1)O2. The molecule has 0 aromatic heterocycles. The lowest BCUT2D eigenvalue weighted by molar-refractivity contribution is -0.0243. The van der Waals surface area contributed by atoms with Crippen LogP contribution in [0.5, 0.6) is 5.75 Å². The maximum absolute atomic E-state index is 10.6. The molecule has 1 saturated heterocycles. The number of hydrogen-bond acceptors (Lipinski definition) is 3. The summed E-state index contributed by atoms with van der Waals surface area (Å²) in [6, 6.07) is 6.74. The summed E-state index contributed by atoms with van der Waals surface area (Å²) in [6.45, 7) is 8.77. The Hall–Kier alpha value is -1.06. The number of aliphatic hydroxyl groups excluding tert-OH is 1. The van der Waals surface area contributed by atoms with Crippen LogP contribution < -0.4 is 4.74 Å². The lowest BCUT2D eigenvalue weighted by atomic mass is 9.83. The number of rotatable bonds is 1. The molecule has 2 aliphatic heterocycles. The molecule has 21 heavy (non-hydrogen) atoms. The quantitative estimate of drug-likeness (QED) is 0.859. The van der Waals surface area contributed by atoms with Gasteiger partial charge in [-0.15, -0.1) is 0 Å². The van der Waals surface area contributed by atoms with Crippen LogP contribution in [-0.4, -0.2) is 34.7 Å². The van der Waals surface area contributed by atoms with E-state index in [9.17, 15) is 5.11 Å². The van der Waals surface area contributed by atoms with Crippen LogP contribution in [0.4, 0.5) is 0 Å². The van der Waals surface area contributed by atoms with E-state index in [2.05, 4.69) is 37.8 Å². The van der Waals surface area contributed by atoms with Crippen molar-refractivity contribution in [3.05, 3.63) is 29.3 Å². The van der Waals surface area contributed by atoms with Crippen molar-refractivity contribution in [1.82, 2.24) is 4.90 Å². The summed E-state index contributed by atoms with van der Waals surface area (Å²) in [7, 11) is 0. The number of aliphatic hydroxyl groups is 1. The molecule has 1 N–H and O–H groups in total. The second kappa shape index (κ2) is 5.62. The summed E-state index contributed by atoms with van der Waals surface area (Å²) < 4.78 is 6.41. The molecule has 2 atom stereocenters. The molecular formula is C18H27NO2. The van der Waals surface area contributed by atoms with E-state index in [0.717, 1.165) is 50.1 Å². The summed E-state index contributed by atoms with van der Waals surface area (Å²) >= 11 is 0. The number of likely N-dealkylation sites (tertiary alicyclic amines) is 1.